The predicted molar refractivity (Wildman–Crippen MR) is 156 cm³/mol. The molecule has 1 amide bonds. The molecular weight excluding hydrogens is 537 g/mol. The Bertz CT molecular complexity index is 699. The molecule has 0 fully saturated rings. The molecule has 3 N–H and O–H groups in total. The van der Waals surface area contributed by atoms with E-state index in [0.29, 0.717) is 12.8 Å². The largest absolute Gasteiger partial charge is 0.469 e. The Labute approximate surface area is 241 Å². The van der Waals surface area contributed by atoms with Crippen molar-refractivity contribution in [2.24, 2.45) is 0 Å². The molecule has 0 saturated carbocycles. The normalized spacial score (nSPS) is 12.2. The zero-order valence-corrected chi connectivity index (χ0v) is 25.9. The Kier molecular flexibility index (Phi) is 25.4. The number of unbranched alkanes of at least 4 members (excludes halogenated alkanes) is 16. The van der Waals surface area contributed by atoms with E-state index in [0.717, 1.165) is 57.9 Å². The molecule has 0 aliphatic heterocycles. The monoisotopic (exact) mass is 593 g/mol. The van der Waals surface area contributed by atoms with Crippen molar-refractivity contribution in [2.75, 3.05) is 19.8 Å². The Balaban J connectivity index is 3.93. The molecule has 0 saturated heterocycles. The first kappa shape index (κ1) is 38.5. The van der Waals surface area contributed by atoms with Crippen LogP contribution in [-0.4, -0.2) is 53.5 Å². The molecule has 11 heteroatoms. The molecule has 0 radical (unpaired) electrons. The van der Waals surface area contributed by atoms with Crippen LogP contribution in [0.2, 0.25) is 0 Å². The average Bonchev–Trinajstić information content (AvgIpc) is 2.89. The van der Waals surface area contributed by atoms with E-state index < -0.39 is 32.5 Å². The number of carbonyl (C=O) groups excluding carboxylic acids is 3. The third kappa shape index (κ3) is 29.5. The highest BCUT2D eigenvalue weighted by Gasteiger charge is 2.22. The molecule has 0 bridgehead atoms. The second kappa shape index (κ2) is 26.4. The molecule has 10 nitrogen and oxygen atoms in total. The van der Waals surface area contributed by atoms with Crippen molar-refractivity contribution in [1.82, 2.24) is 5.32 Å². The van der Waals surface area contributed by atoms with Crippen molar-refractivity contribution in [3.63, 3.8) is 0 Å². The Morgan fingerprint density at radius 1 is 0.675 bits per heavy atom. The molecular formula is C29H56NO9P. The van der Waals surface area contributed by atoms with Crippen LogP contribution in [0.25, 0.3) is 0 Å². The van der Waals surface area contributed by atoms with E-state index >= 15 is 0 Å². The molecule has 0 heterocycles. The van der Waals surface area contributed by atoms with Crippen molar-refractivity contribution in [1.29, 1.82) is 0 Å². The van der Waals surface area contributed by atoms with E-state index in [1.165, 1.54) is 58.3 Å². The molecule has 236 valence electrons. The van der Waals surface area contributed by atoms with Gasteiger partial charge in [0, 0.05) is 26.3 Å². The van der Waals surface area contributed by atoms with Gasteiger partial charge in [-0.15, -0.1) is 0 Å². The van der Waals surface area contributed by atoms with Gasteiger partial charge in [0.2, 0.25) is 5.91 Å². The summed E-state index contributed by atoms with van der Waals surface area (Å²) >= 11 is 0. The first-order chi connectivity index (χ1) is 19.1. The van der Waals surface area contributed by atoms with Gasteiger partial charge in [-0.05, 0) is 19.3 Å². The van der Waals surface area contributed by atoms with Gasteiger partial charge < -0.3 is 24.6 Å². The number of nitrogens with one attached hydrogen (secondary N) is 1. The van der Waals surface area contributed by atoms with Crippen LogP contribution < -0.4 is 5.32 Å². The number of ether oxygens (including phenoxy) is 2. The summed E-state index contributed by atoms with van der Waals surface area (Å²) in [4.78, 5) is 53.0. The molecule has 0 aromatic carbocycles. The average molecular weight is 594 g/mol. The second-order valence-corrected chi connectivity index (χ2v) is 11.8. The van der Waals surface area contributed by atoms with Gasteiger partial charge >= 0.3 is 19.8 Å². The first-order valence-corrected chi connectivity index (χ1v) is 17.0. The van der Waals surface area contributed by atoms with Gasteiger partial charge in [0.05, 0.1) is 6.61 Å². The lowest BCUT2D eigenvalue weighted by Crippen LogP contribution is -2.29. The molecule has 0 unspecified atom stereocenters. The van der Waals surface area contributed by atoms with E-state index in [9.17, 15) is 18.9 Å². The van der Waals surface area contributed by atoms with Gasteiger partial charge in [0.25, 0.3) is 0 Å². The first-order valence-electron chi connectivity index (χ1n) is 15.4. The van der Waals surface area contributed by atoms with Gasteiger partial charge in [-0.3, -0.25) is 18.9 Å². The fraction of sp³-hybridized carbons (Fsp3) is 0.897. The van der Waals surface area contributed by atoms with Crippen molar-refractivity contribution >= 4 is 25.7 Å². The number of carbonyl (C=O) groups is 3. The van der Waals surface area contributed by atoms with E-state index in [1.807, 2.05) is 0 Å². The summed E-state index contributed by atoms with van der Waals surface area (Å²) in [6, 6.07) is 0. The third-order valence-corrected chi connectivity index (χ3v) is 7.06. The van der Waals surface area contributed by atoms with E-state index in [4.69, 9.17) is 19.3 Å². The second-order valence-electron chi connectivity index (χ2n) is 10.6. The van der Waals surface area contributed by atoms with Crippen LogP contribution in [0.1, 0.15) is 142 Å². The number of rotatable bonds is 28. The quantitative estimate of drug-likeness (QED) is 0.0524. The smallest absolute Gasteiger partial charge is 0.462 e. The SMILES string of the molecule is CCCCCCCCCC(=O)O[C@@H](COC(=O)CCCCCCCCCCCCCNC(C)=O)COP(=O)(O)O. The number of phosphoric acid groups is 1. The summed E-state index contributed by atoms with van der Waals surface area (Å²) in [5.74, 6) is -0.891. The third-order valence-electron chi connectivity index (χ3n) is 6.57. The zero-order valence-electron chi connectivity index (χ0n) is 25.0. The summed E-state index contributed by atoms with van der Waals surface area (Å²) < 4.78 is 26.0. The number of phosphoric ester groups is 1. The Morgan fingerprint density at radius 3 is 1.60 bits per heavy atom. The summed E-state index contributed by atoms with van der Waals surface area (Å²) in [5, 5.41) is 2.81. The van der Waals surface area contributed by atoms with Gasteiger partial charge in [-0.2, -0.15) is 0 Å². The molecule has 40 heavy (non-hydrogen) atoms. The lowest BCUT2D eigenvalue weighted by molar-refractivity contribution is -0.161. The van der Waals surface area contributed by atoms with Gasteiger partial charge in [-0.25, -0.2) is 4.57 Å². The molecule has 0 aromatic heterocycles. The number of amides is 1. The maximum absolute atomic E-state index is 12.2. The highest BCUT2D eigenvalue weighted by atomic mass is 31.2. The minimum atomic E-state index is -4.74. The van der Waals surface area contributed by atoms with Crippen molar-refractivity contribution in [3.05, 3.63) is 0 Å². The fourth-order valence-electron chi connectivity index (χ4n) is 4.28. The maximum Gasteiger partial charge on any atom is 0.469 e. The van der Waals surface area contributed by atoms with Crippen LogP contribution >= 0.6 is 7.82 Å². The van der Waals surface area contributed by atoms with Crippen LogP contribution in [0, 0.1) is 0 Å². The predicted octanol–water partition coefficient (Wildman–Crippen LogP) is 6.51. The van der Waals surface area contributed by atoms with E-state index in [1.54, 1.807) is 0 Å². The Hall–Kier alpha value is -1.48. The molecule has 0 aromatic rings. The highest BCUT2D eigenvalue weighted by molar-refractivity contribution is 7.46. The molecule has 0 aliphatic carbocycles. The van der Waals surface area contributed by atoms with Crippen LogP contribution in [0.5, 0.6) is 0 Å². The minimum absolute atomic E-state index is 0.0311. The molecule has 0 spiro atoms. The summed E-state index contributed by atoms with van der Waals surface area (Å²) in [7, 11) is -4.74. The molecule has 0 aliphatic rings. The topological polar surface area (TPSA) is 148 Å². The van der Waals surface area contributed by atoms with Gasteiger partial charge in [0.15, 0.2) is 6.10 Å². The van der Waals surface area contributed by atoms with E-state index in [2.05, 4.69) is 16.8 Å². The van der Waals surface area contributed by atoms with Crippen LogP contribution in [0.3, 0.4) is 0 Å². The van der Waals surface area contributed by atoms with Crippen LogP contribution in [0.15, 0.2) is 0 Å². The summed E-state index contributed by atoms with van der Waals surface area (Å²) in [5.41, 5.74) is 0. The van der Waals surface area contributed by atoms with E-state index in [-0.39, 0.29) is 25.4 Å². The lowest BCUT2D eigenvalue weighted by Gasteiger charge is -2.18. The van der Waals surface area contributed by atoms with Crippen molar-refractivity contribution in [2.45, 2.75) is 148 Å². The van der Waals surface area contributed by atoms with Gasteiger partial charge in [0.1, 0.15) is 6.61 Å². The Morgan fingerprint density at radius 2 is 1.12 bits per heavy atom. The highest BCUT2D eigenvalue weighted by Crippen LogP contribution is 2.35. The maximum atomic E-state index is 12.2. The van der Waals surface area contributed by atoms with Crippen LogP contribution in [-0.2, 0) is 32.9 Å². The fourth-order valence-corrected chi connectivity index (χ4v) is 4.64. The summed E-state index contributed by atoms with van der Waals surface area (Å²) in [6.07, 6.45) is 18.8. The lowest BCUT2D eigenvalue weighted by atomic mass is 10.1. The molecule has 1 atom stereocenters. The van der Waals surface area contributed by atoms with Crippen molar-refractivity contribution < 1.29 is 42.7 Å². The number of esters is 2. The van der Waals surface area contributed by atoms with Crippen LogP contribution in [0.4, 0.5) is 0 Å². The zero-order chi connectivity index (χ0) is 29.9. The van der Waals surface area contributed by atoms with Gasteiger partial charge in [-0.1, -0.05) is 103 Å². The minimum Gasteiger partial charge on any atom is -0.462 e. The van der Waals surface area contributed by atoms with Crippen molar-refractivity contribution in [3.8, 4) is 0 Å². The number of hydrogen-bond acceptors (Lipinski definition) is 7. The standard InChI is InChI=1S/C29H56NO9P/c1-3-4-5-6-12-16-19-22-29(33)39-27(25-38-40(34,35)36)24-37-28(32)21-18-15-13-10-8-7-9-11-14-17-20-23-30-26(2)31/h27H,3-25H2,1-2H3,(H,30,31)(H2,34,35,36)/t27-/m0/s1. The summed E-state index contributed by atoms with van der Waals surface area (Å²) in [6.45, 7) is 3.62. The molecule has 0 rings (SSSR count). The number of hydrogen-bond donors (Lipinski definition) is 3.